The largest absolute Gasteiger partial charge is 0.465 e. The first-order valence-electron chi connectivity index (χ1n) is 7.03. The van der Waals surface area contributed by atoms with Gasteiger partial charge in [-0.15, -0.1) is 0 Å². The first kappa shape index (κ1) is 14.7. The summed E-state index contributed by atoms with van der Waals surface area (Å²) in [5.74, 6) is -0.431. The summed E-state index contributed by atoms with van der Waals surface area (Å²) in [4.78, 5) is 13.8. The second kappa shape index (κ2) is 6.61. The van der Waals surface area contributed by atoms with Gasteiger partial charge in [-0.05, 0) is 25.0 Å². The Bertz CT molecular complexity index is 470. The maximum atomic E-state index is 11.7. The summed E-state index contributed by atoms with van der Waals surface area (Å²) in [6.45, 7) is 0.595. The summed E-state index contributed by atoms with van der Waals surface area (Å²) in [5.41, 5.74) is 7.76. The van der Waals surface area contributed by atoms with Gasteiger partial charge in [0.15, 0.2) is 0 Å². The van der Waals surface area contributed by atoms with Crippen LogP contribution < -0.4 is 10.6 Å². The van der Waals surface area contributed by atoms with Crippen molar-refractivity contribution < 1.29 is 14.6 Å². The number of para-hydroxylation sites is 1. The molecule has 1 aliphatic rings. The number of nitrogens with two attached hydrogens (primary N) is 1. The zero-order valence-electron chi connectivity index (χ0n) is 11.8. The highest BCUT2D eigenvalue weighted by Gasteiger charge is 2.25. The Morgan fingerprint density at radius 2 is 2.15 bits per heavy atom. The fraction of sp³-hybridized carbons (Fsp3) is 0.533. The zero-order valence-corrected chi connectivity index (χ0v) is 11.8. The van der Waals surface area contributed by atoms with Crippen molar-refractivity contribution in [2.75, 3.05) is 30.9 Å². The van der Waals surface area contributed by atoms with E-state index in [9.17, 15) is 9.90 Å². The molecule has 0 saturated heterocycles. The van der Waals surface area contributed by atoms with Gasteiger partial charge in [0.2, 0.25) is 0 Å². The molecule has 20 heavy (non-hydrogen) atoms. The number of anilines is 2. The molecule has 0 amide bonds. The maximum Gasteiger partial charge on any atom is 0.340 e. The Morgan fingerprint density at radius 3 is 2.75 bits per heavy atom. The van der Waals surface area contributed by atoms with Crippen LogP contribution in [-0.2, 0) is 4.74 Å². The summed E-state index contributed by atoms with van der Waals surface area (Å²) >= 11 is 0. The lowest BCUT2D eigenvalue weighted by Crippen LogP contribution is -2.36. The number of hydrogen-bond donors (Lipinski definition) is 2. The predicted molar refractivity (Wildman–Crippen MR) is 78.9 cm³/mol. The monoisotopic (exact) mass is 278 g/mol. The molecule has 0 spiro atoms. The molecule has 0 aromatic heterocycles. The Hall–Kier alpha value is -1.75. The number of benzene rings is 1. The van der Waals surface area contributed by atoms with Gasteiger partial charge in [0.25, 0.3) is 0 Å². The van der Waals surface area contributed by atoms with Gasteiger partial charge < -0.3 is 20.5 Å². The molecule has 5 heteroatoms. The number of aliphatic hydroxyl groups excluding tert-OH is 1. The van der Waals surface area contributed by atoms with Crippen LogP contribution in [0, 0.1) is 0 Å². The highest BCUT2D eigenvalue weighted by Crippen LogP contribution is 2.33. The van der Waals surface area contributed by atoms with E-state index in [-0.39, 0.29) is 6.61 Å². The number of nitrogens with zero attached hydrogens (tertiary/aromatic N) is 1. The second-order valence-corrected chi connectivity index (χ2v) is 5.09. The molecular weight excluding hydrogens is 256 g/mol. The van der Waals surface area contributed by atoms with Gasteiger partial charge in [-0.1, -0.05) is 18.9 Å². The first-order valence-corrected chi connectivity index (χ1v) is 7.03. The van der Waals surface area contributed by atoms with Crippen molar-refractivity contribution in [2.24, 2.45) is 0 Å². The molecule has 3 N–H and O–H groups in total. The van der Waals surface area contributed by atoms with Crippen LogP contribution in [0.2, 0.25) is 0 Å². The molecule has 1 aliphatic carbocycles. The van der Waals surface area contributed by atoms with E-state index in [0.29, 0.717) is 23.8 Å². The topological polar surface area (TPSA) is 75.8 Å². The summed E-state index contributed by atoms with van der Waals surface area (Å²) in [7, 11) is 1.34. The fourth-order valence-electron chi connectivity index (χ4n) is 2.91. The average molecular weight is 278 g/mol. The maximum absolute atomic E-state index is 11.7. The van der Waals surface area contributed by atoms with Crippen molar-refractivity contribution in [3.8, 4) is 0 Å². The lowest BCUT2D eigenvalue weighted by atomic mass is 10.1. The molecule has 0 radical (unpaired) electrons. The summed E-state index contributed by atoms with van der Waals surface area (Å²) in [5, 5.41) is 9.30. The number of hydrogen-bond acceptors (Lipinski definition) is 5. The molecule has 1 aromatic carbocycles. The van der Waals surface area contributed by atoms with Crippen LogP contribution in [0.15, 0.2) is 18.2 Å². The van der Waals surface area contributed by atoms with Crippen LogP contribution in [0.25, 0.3) is 0 Å². The fourth-order valence-corrected chi connectivity index (χ4v) is 2.91. The molecular formula is C15H22N2O3. The summed E-state index contributed by atoms with van der Waals surface area (Å²) < 4.78 is 4.75. The van der Waals surface area contributed by atoms with E-state index in [1.807, 2.05) is 6.07 Å². The molecule has 0 atom stereocenters. The number of carbonyl (C=O) groups is 1. The minimum Gasteiger partial charge on any atom is -0.465 e. The van der Waals surface area contributed by atoms with Crippen LogP contribution in [0.3, 0.4) is 0 Å². The average Bonchev–Trinajstić information content (AvgIpc) is 2.98. The number of ether oxygens (including phenoxy) is 1. The first-order chi connectivity index (χ1) is 9.69. The number of esters is 1. The Balaban J connectivity index is 2.35. The van der Waals surface area contributed by atoms with E-state index in [1.165, 1.54) is 20.0 Å². The Labute approximate surface area is 119 Å². The zero-order chi connectivity index (χ0) is 14.5. The molecule has 1 fully saturated rings. The third kappa shape index (κ3) is 2.88. The number of rotatable bonds is 5. The normalized spacial score (nSPS) is 15.3. The van der Waals surface area contributed by atoms with Gasteiger partial charge in [0.05, 0.1) is 30.7 Å². The van der Waals surface area contributed by atoms with Gasteiger partial charge in [-0.25, -0.2) is 4.79 Å². The van der Waals surface area contributed by atoms with E-state index >= 15 is 0 Å². The van der Waals surface area contributed by atoms with Crippen molar-refractivity contribution in [3.05, 3.63) is 23.8 Å². The highest BCUT2D eigenvalue weighted by atomic mass is 16.5. The molecule has 0 aliphatic heterocycles. The van der Waals surface area contributed by atoms with Crippen LogP contribution >= 0.6 is 0 Å². The molecule has 110 valence electrons. The van der Waals surface area contributed by atoms with Gasteiger partial charge in [-0.3, -0.25) is 0 Å². The molecule has 1 saturated carbocycles. The minimum atomic E-state index is -0.431. The molecule has 0 unspecified atom stereocenters. The van der Waals surface area contributed by atoms with Gasteiger partial charge >= 0.3 is 5.97 Å². The minimum absolute atomic E-state index is 0.0678. The SMILES string of the molecule is COC(=O)c1cccc(N(CCO)C2CCCC2)c1N. The number of carbonyl (C=O) groups excluding carboxylic acids is 1. The molecule has 1 aromatic rings. The summed E-state index contributed by atoms with van der Waals surface area (Å²) in [6.07, 6.45) is 4.59. The van der Waals surface area contributed by atoms with Crippen LogP contribution in [0.5, 0.6) is 0 Å². The van der Waals surface area contributed by atoms with Crippen molar-refractivity contribution in [1.82, 2.24) is 0 Å². The molecule has 5 nitrogen and oxygen atoms in total. The summed E-state index contributed by atoms with van der Waals surface area (Å²) in [6, 6.07) is 5.75. The van der Waals surface area contributed by atoms with Crippen molar-refractivity contribution in [3.63, 3.8) is 0 Å². The number of methoxy groups -OCH3 is 1. The number of aliphatic hydroxyl groups is 1. The second-order valence-electron chi connectivity index (χ2n) is 5.09. The lowest BCUT2D eigenvalue weighted by molar-refractivity contribution is 0.0602. The van der Waals surface area contributed by atoms with Gasteiger partial charge in [0.1, 0.15) is 0 Å². The van der Waals surface area contributed by atoms with E-state index in [1.54, 1.807) is 12.1 Å². The third-order valence-electron chi connectivity index (χ3n) is 3.90. The van der Waals surface area contributed by atoms with E-state index in [4.69, 9.17) is 10.5 Å². The third-order valence-corrected chi connectivity index (χ3v) is 3.90. The molecule has 0 heterocycles. The lowest BCUT2D eigenvalue weighted by Gasteiger charge is -2.32. The van der Waals surface area contributed by atoms with E-state index in [0.717, 1.165) is 18.5 Å². The van der Waals surface area contributed by atoms with Crippen LogP contribution in [0.1, 0.15) is 36.0 Å². The smallest absolute Gasteiger partial charge is 0.340 e. The van der Waals surface area contributed by atoms with Crippen LogP contribution in [-0.4, -0.2) is 37.4 Å². The predicted octanol–water partition coefficient (Wildman–Crippen LogP) is 1.80. The highest BCUT2D eigenvalue weighted by molar-refractivity contribution is 5.98. The molecule has 0 bridgehead atoms. The van der Waals surface area contributed by atoms with Crippen molar-refractivity contribution in [1.29, 1.82) is 0 Å². The van der Waals surface area contributed by atoms with Crippen LogP contribution in [0.4, 0.5) is 11.4 Å². The molecule has 2 rings (SSSR count). The number of nitrogen functional groups attached to an aromatic ring is 1. The Morgan fingerprint density at radius 1 is 1.45 bits per heavy atom. The standard InChI is InChI=1S/C15H22N2O3/c1-20-15(19)12-7-4-8-13(14(12)16)17(9-10-18)11-5-2-3-6-11/h4,7-8,11,18H,2-3,5-6,9-10,16H2,1H3. The quantitative estimate of drug-likeness (QED) is 0.634. The van der Waals surface area contributed by atoms with E-state index in [2.05, 4.69) is 4.90 Å². The van der Waals surface area contributed by atoms with Gasteiger partial charge in [0, 0.05) is 12.6 Å². The van der Waals surface area contributed by atoms with Crippen molar-refractivity contribution >= 4 is 17.3 Å². The Kier molecular flexibility index (Phi) is 4.84. The van der Waals surface area contributed by atoms with E-state index < -0.39 is 5.97 Å². The van der Waals surface area contributed by atoms with Crippen molar-refractivity contribution in [2.45, 2.75) is 31.7 Å². The van der Waals surface area contributed by atoms with Gasteiger partial charge in [-0.2, -0.15) is 0 Å².